The molecule has 0 N–H and O–H groups in total. The second-order valence-corrected chi connectivity index (χ2v) is 4.38. The van der Waals surface area contributed by atoms with Crippen LogP contribution in [0, 0.1) is 5.92 Å². The maximum absolute atomic E-state index is 11.4. The molecule has 0 aromatic heterocycles. The third kappa shape index (κ3) is 9.71. The molecule has 0 aliphatic carbocycles. The van der Waals surface area contributed by atoms with E-state index in [-0.39, 0.29) is 0 Å². The van der Waals surface area contributed by atoms with Crippen molar-refractivity contribution in [2.45, 2.75) is 65.7 Å². The maximum atomic E-state index is 11.4. The number of Topliss-reactive ketones (excluding diaryl/α,β-unsaturated/α-hetero) is 1. The molecule has 1 heteroatoms. The van der Waals surface area contributed by atoms with Crippen LogP contribution in [0.5, 0.6) is 0 Å². The molecule has 0 spiro atoms. The Bertz CT molecular complexity index is 182. The number of unbranched alkanes of at least 4 members (excludes halogenated alkanes) is 2. The monoisotopic (exact) mass is 210 g/mol. The molecule has 0 saturated heterocycles. The first-order valence-electron chi connectivity index (χ1n) is 6.39. The highest BCUT2D eigenvalue weighted by molar-refractivity contribution is 5.78. The predicted molar refractivity (Wildman–Crippen MR) is 67.0 cm³/mol. The third-order valence-corrected chi connectivity index (χ3v) is 2.61. The first-order valence-corrected chi connectivity index (χ1v) is 6.39. The van der Waals surface area contributed by atoms with Gasteiger partial charge in [0, 0.05) is 12.8 Å². The molecule has 0 aromatic rings. The van der Waals surface area contributed by atoms with Crippen molar-refractivity contribution in [1.82, 2.24) is 0 Å². The zero-order valence-electron chi connectivity index (χ0n) is 10.6. The Labute approximate surface area is 95.0 Å². The van der Waals surface area contributed by atoms with Crippen molar-refractivity contribution in [3.8, 4) is 0 Å². The fourth-order valence-electron chi connectivity index (χ4n) is 1.48. The van der Waals surface area contributed by atoms with Gasteiger partial charge in [-0.2, -0.15) is 0 Å². The van der Waals surface area contributed by atoms with E-state index >= 15 is 0 Å². The Hall–Kier alpha value is -0.590. The minimum absolute atomic E-state index is 0.438. The third-order valence-electron chi connectivity index (χ3n) is 2.61. The largest absolute Gasteiger partial charge is 0.300 e. The van der Waals surface area contributed by atoms with Crippen molar-refractivity contribution < 1.29 is 4.79 Å². The molecule has 1 atom stereocenters. The summed E-state index contributed by atoms with van der Waals surface area (Å²) >= 11 is 0. The van der Waals surface area contributed by atoms with Gasteiger partial charge in [-0.25, -0.2) is 0 Å². The summed E-state index contributed by atoms with van der Waals surface area (Å²) in [6, 6.07) is 0. The summed E-state index contributed by atoms with van der Waals surface area (Å²) in [6.07, 6.45) is 11.6. The SMILES string of the molecule is CCCC=CC(C)CCC(=O)CCCC. The smallest absolute Gasteiger partial charge is 0.132 e. The molecule has 15 heavy (non-hydrogen) atoms. The lowest BCUT2D eigenvalue weighted by Crippen LogP contribution is -2.00. The fourth-order valence-corrected chi connectivity index (χ4v) is 1.48. The van der Waals surface area contributed by atoms with Gasteiger partial charge in [-0.05, 0) is 25.2 Å². The Kier molecular flexibility index (Phi) is 9.55. The molecule has 1 unspecified atom stereocenters. The molecule has 0 bridgehead atoms. The van der Waals surface area contributed by atoms with Gasteiger partial charge in [0.15, 0.2) is 0 Å². The fraction of sp³-hybridized carbons (Fsp3) is 0.786. The van der Waals surface area contributed by atoms with Gasteiger partial charge in [-0.3, -0.25) is 4.79 Å². The molecule has 1 nitrogen and oxygen atoms in total. The number of allylic oxidation sites excluding steroid dienone is 2. The van der Waals surface area contributed by atoms with Crippen molar-refractivity contribution in [2.75, 3.05) is 0 Å². The van der Waals surface area contributed by atoms with E-state index < -0.39 is 0 Å². The summed E-state index contributed by atoms with van der Waals surface area (Å²) in [5.74, 6) is 0.995. The van der Waals surface area contributed by atoms with Gasteiger partial charge < -0.3 is 0 Å². The summed E-state index contributed by atoms with van der Waals surface area (Å²) in [5, 5.41) is 0. The Morgan fingerprint density at radius 3 is 2.53 bits per heavy atom. The average Bonchev–Trinajstić information content (AvgIpc) is 2.24. The molecule has 88 valence electrons. The standard InChI is InChI=1S/C14H26O/c1-4-6-8-9-13(3)11-12-14(15)10-7-5-2/h8-9,13H,4-7,10-12H2,1-3H3. The van der Waals surface area contributed by atoms with Gasteiger partial charge in [0.05, 0.1) is 0 Å². The van der Waals surface area contributed by atoms with Crippen molar-refractivity contribution in [3.63, 3.8) is 0 Å². The van der Waals surface area contributed by atoms with E-state index in [0.29, 0.717) is 11.7 Å². The van der Waals surface area contributed by atoms with Crippen LogP contribution in [-0.4, -0.2) is 5.78 Å². The maximum Gasteiger partial charge on any atom is 0.132 e. The first-order chi connectivity index (χ1) is 7.20. The molecule has 0 saturated carbocycles. The highest BCUT2D eigenvalue weighted by Gasteiger charge is 2.03. The van der Waals surface area contributed by atoms with Crippen molar-refractivity contribution in [3.05, 3.63) is 12.2 Å². The minimum atomic E-state index is 0.438. The van der Waals surface area contributed by atoms with E-state index in [9.17, 15) is 4.79 Å². The van der Waals surface area contributed by atoms with Crippen molar-refractivity contribution in [1.29, 1.82) is 0 Å². The van der Waals surface area contributed by atoms with Gasteiger partial charge in [0.1, 0.15) is 5.78 Å². The van der Waals surface area contributed by atoms with E-state index in [0.717, 1.165) is 38.5 Å². The lowest BCUT2D eigenvalue weighted by Gasteiger charge is -2.05. The highest BCUT2D eigenvalue weighted by Crippen LogP contribution is 2.10. The summed E-state index contributed by atoms with van der Waals surface area (Å²) in [5.41, 5.74) is 0. The van der Waals surface area contributed by atoms with Crippen LogP contribution in [-0.2, 0) is 4.79 Å². The first kappa shape index (κ1) is 14.4. The zero-order chi connectivity index (χ0) is 11.5. The zero-order valence-corrected chi connectivity index (χ0v) is 10.6. The molecule has 0 aromatic carbocycles. The van der Waals surface area contributed by atoms with Gasteiger partial charge in [-0.1, -0.05) is 45.8 Å². The number of ketones is 1. The van der Waals surface area contributed by atoms with E-state index in [1.807, 2.05) is 0 Å². The predicted octanol–water partition coefficient (Wildman–Crippen LogP) is 4.52. The molecule has 0 heterocycles. The highest BCUT2D eigenvalue weighted by atomic mass is 16.1. The number of rotatable bonds is 9. The average molecular weight is 210 g/mol. The topological polar surface area (TPSA) is 17.1 Å². The normalized spacial score (nSPS) is 13.3. The van der Waals surface area contributed by atoms with Crippen LogP contribution in [0.15, 0.2) is 12.2 Å². The van der Waals surface area contributed by atoms with Gasteiger partial charge in [-0.15, -0.1) is 0 Å². The van der Waals surface area contributed by atoms with Gasteiger partial charge in [0.2, 0.25) is 0 Å². The quantitative estimate of drug-likeness (QED) is 0.511. The van der Waals surface area contributed by atoms with E-state index in [4.69, 9.17) is 0 Å². The van der Waals surface area contributed by atoms with Crippen LogP contribution in [0.4, 0.5) is 0 Å². The number of hydrogen-bond acceptors (Lipinski definition) is 1. The second kappa shape index (κ2) is 9.95. The van der Waals surface area contributed by atoms with Crippen LogP contribution >= 0.6 is 0 Å². The lowest BCUT2D eigenvalue weighted by atomic mass is 10.0. The summed E-state index contributed by atoms with van der Waals surface area (Å²) in [4.78, 5) is 11.4. The Balaban J connectivity index is 3.52. The van der Waals surface area contributed by atoms with Gasteiger partial charge >= 0.3 is 0 Å². The molecule has 0 aliphatic rings. The lowest BCUT2D eigenvalue weighted by molar-refractivity contribution is -0.119. The molecular formula is C14H26O. The molecule has 0 rings (SSSR count). The van der Waals surface area contributed by atoms with Crippen LogP contribution in [0.1, 0.15) is 65.7 Å². The summed E-state index contributed by atoms with van der Waals surface area (Å²) in [7, 11) is 0. The van der Waals surface area contributed by atoms with Crippen LogP contribution < -0.4 is 0 Å². The van der Waals surface area contributed by atoms with Crippen LogP contribution in [0.3, 0.4) is 0 Å². The number of hydrogen-bond donors (Lipinski definition) is 0. The Morgan fingerprint density at radius 1 is 1.20 bits per heavy atom. The Morgan fingerprint density at radius 2 is 1.93 bits per heavy atom. The summed E-state index contributed by atoms with van der Waals surface area (Å²) in [6.45, 7) is 6.51. The number of carbonyl (C=O) groups excluding carboxylic acids is 1. The van der Waals surface area contributed by atoms with E-state index in [1.165, 1.54) is 6.42 Å². The van der Waals surface area contributed by atoms with Gasteiger partial charge in [0.25, 0.3) is 0 Å². The molecule has 0 amide bonds. The molecular weight excluding hydrogens is 184 g/mol. The summed E-state index contributed by atoms with van der Waals surface area (Å²) < 4.78 is 0. The minimum Gasteiger partial charge on any atom is -0.300 e. The van der Waals surface area contributed by atoms with Crippen LogP contribution in [0.2, 0.25) is 0 Å². The van der Waals surface area contributed by atoms with Crippen molar-refractivity contribution >= 4 is 5.78 Å². The van der Waals surface area contributed by atoms with E-state index in [1.54, 1.807) is 0 Å². The molecule has 0 radical (unpaired) electrons. The number of carbonyl (C=O) groups is 1. The van der Waals surface area contributed by atoms with Crippen LogP contribution in [0.25, 0.3) is 0 Å². The molecule has 0 aliphatic heterocycles. The molecule has 0 fully saturated rings. The van der Waals surface area contributed by atoms with Crippen molar-refractivity contribution in [2.24, 2.45) is 5.92 Å². The van der Waals surface area contributed by atoms with E-state index in [2.05, 4.69) is 32.9 Å². The second-order valence-electron chi connectivity index (χ2n) is 4.38.